The topological polar surface area (TPSA) is 82.3 Å². The van der Waals surface area contributed by atoms with Gasteiger partial charge in [0.15, 0.2) is 0 Å². The Morgan fingerprint density at radius 1 is 1.48 bits per heavy atom. The van der Waals surface area contributed by atoms with Crippen molar-refractivity contribution in [3.63, 3.8) is 0 Å². The van der Waals surface area contributed by atoms with Gasteiger partial charge in [-0.25, -0.2) is 0 Å². The van der Waals surface area contributed by atoms with Gasteiger partial charge in [-0.3, -0.25) is 4.79 Å². The lowest BCUT2D eigenvalue weighted by Gasteiger charge is -2.34. The van der Waals surface area contributed by atoms with Crippen molar-refractivity contribution in [1.29, 1.82) is 5.26 Å². The minimum absolute atomic E-state index is 0.149. The molecule has 1 fully saturated rings. The molecule has 1 saturated carbocycles. The van der Waals surface area contributed by atoms with Gasteiger partial charge < -0.3 is 15.2 Å². The van der Waals surface area contributed by atoms with Crippen LogP contribution in [0.25, 0.3) is 0 Å². The van der Waals surface area contributed by atoms with E-state index in [4.69, 9.17) is 4.74 Å². The van der Waals surface area contributed by atoms with Crippen LogP contribution in [0, 0.1) is 17.2 Å². The number of phenols is 1. The van der Waals surface area contributed by atoms with E-state index in [1.54, 1.807) is 6.07 Å². The minimum atomic E-state index is -0.823. The van der Waals surface area contributed by atoms with Gasteiger partial charge in [0.2, 0.25) is 0 Å². The van der Waals surface area contributed by atoms with Crippen molar-refractivity contribution >= 4 is 5.91 Å². The van der Waals surface area contributed by atoms with E-state index in [2.05, 4.69) is 18.3 Å². The van der Waals surface area contributed by atoms with Gasteiger partial charge in [0.25, 0.3) is 5.91 Å². The van der Waals surface area contributed by atoms with Crippen molar-refractivity contribution in [2.45, 2.75) is 38.1 Å². The van der Waals surface area contributed by atoms with Gasteiger partial charge >= 0.3 is 0 Å². The molecule has 1 aromatic rings. The molecule has 21 heavy (non-hydrogen) atoms. The summed E-state index contributed by atoms with van der Waals surface area (Å²) in [6.07, 6.45) is 3.13. The predicted molar refractivity (Wildman–Crippen MR) is 78.1 cm³/mol. The van der Waals surface area contributed by atoms with E-state index < -0.39 is 11.4 Å². The van der Waals surface area contributed by atoms with E-state index >= 15 is 0 Å². The summed E-state index contributed by atoms with van der Waals surface area (Å²) in [6.45, 7) is 2.15. The summed E-state index contributed by atoms with van der Waals surface area (Å²) >= 11 is 0. The molecule has 0 spiro atoms. The number of nitrogens with zero attached hydrogens (tertiary/aromatic N) is 1. The van der Waals surface area contributed by atoms with E-state index in [1.807, 2.05) is 0 Å². The smallest absolute Gasteiger partial charge is 0.256 e. The first-order valence-corrected chi connectivity index (χ1v) is 7.10. The molecule has 1 aromatic carbocycles. The second kappa shape index (κ2) is 6.04. The number of rotatable bonds is 3. The Hall–Kier alpha value is -2.22. The molecule has 2 rings (SSSR count). The molecule has 0 radical (unpaired) electrons. The summed E-state index contributed by atoms with van der Waals surface area (Å²) in [7, 11) is 1.49. The first-order valence-electron chi connectivity index (χ1n) is 7.10. The molecule has 0 heterocycles. The fraction of sp³-hybridized carbons (Fsp3) is 0.500. The molecule has 0 bridgehead atoms. The number of ether oxygens (including phenoxy) is 1. The summed E-state index contributed by atoms with van der Waals surface area (Å²) in [4.78, 5) is 12.3. The lowest BCUT2D eigenvalue weighted by atomic mass is 9.78. The first-order chi connectivity index (χ1) is 9.99. The van der Waals surface area contributed by atoms with Crippen molar-refractivity contribution in [2.24, 2.45) is 5.92 Å². The largest absolute Gasteiger partial charge is 0.507 e. The highest BCUT2D eigenvalue weighted by Gasteiger charge is 2.36. The number of benzene rings is 1. The van der Waals surface area contributed by atoms with Crippen LogP contribution < -0.4 is 10.1 Å². The normalized spacial score (nSPS) is 24.9. The molecule has 1 aliphatic rings. The van der Waals surface area contributed by atoms with Gasteiger partial charge in [-0.1, -0.05) is 6.92 Å². The molecule has 0 atom stereocenters. The van der Waals surface area contributed by atoms with Crippen LogP contribution in [-0.4, -0.2) is 23.7 Å². The number of carbonyl (C=O) groups is 1. The van der Waals surface area contributed by atoms with Crippen molar-refractivity contribution < 1.29 is 14.6 Å². The lowest BCUT2D eigenvalue weighted by Crippen LogP contribution is -2.49. The summed E-state index contributed by atoms with van der Waals surface area (Å²) in [5.74, 6) is 0.485. The Kier molecular flexibility index (Phi) is 4.37. The second-order valence-corrected chi connectivity index (χ2v) is 5.71. The molecule has 112 valence electrons. The standard InChI is InChI=1S/C16H20N2O3/c1-11-5-7-16(10-17,8-6-11)18-15(20)13-4-3-12(21-2)9-14(13)19/h3-4,9,11,19H,5-8H2,1-2H3,(H,18,20). The highest BCUT2D eigenvalue weighted by atomic mass is 16.5. The molecule has 0 aromatic heterocycles. The fourth-order valence-corrected chi connectivity index (χ4v) is 2.63. The number of methoxy groups -OCH3 is 1. The number of carbonyl (C=O) groups excluding carboxylic acids is 1. The van der Waals surface area contributed by atoms with E-state index in [-0.39, 0.29) is 11.3 Å². The highest BCUT2D eigenvalue weighted by Crippen LogP contribution is 2.32. The van der Waals surface area contributed by atoms with Gasteiger partial charge in [0.05, 0.1) is 18.7 Å². The quantitative estimate of drug-likeness (QED) is 0.895. The molecule has 5 nitrogen and oxygen atoms in total. The van der Waals surface area contributed by atoms with Crippen LogP contribution in [0.1, 0.15) is 43.0 Å². The molecule has 0 aliphatic heterocycles. The Morgan fingerprint density at radius 3 is 2.67 bits per heavy atom. The number of phenolic OH excluding ortho intramolecular Hbond substituents is 1. The fourth-order valence-electron chi connectivity index (χ4n) is 2.63. The van der Waals surface area contributed by atoms with Gasteiger partial charge in [0.1, 0.15) is 17.0 Å². The average Bonchev–Trinajstić information content (AvgIpc) is 2.49. The summed E-state index contributed by atoms with van der Waals surface area (Å²) in [5, 5.41) is 22.1. The minimum Gasteiger partial charge on any atom is -0.507 e. The predicted octanol–water partition coefficient (Wildman–Crippen LogP) is 2.60. The Morgan fingerprint density at radius 2 is 2.14 bits per heavy atom. The third-order valence-corrected chi connectivity index (χ3v) is 4.14. The summed E-state index contributed by atoms with van der Waals surface area (Å²) in [6, 6.07) is 6.74. The van der Waals surface area contributed by atoms with Crippen LogP contribution in [0.4, 0.5) is 0 Å². The zero-order valence-corrected chi connectivity index (χ0v) is 12.3. The molecular formula is C16H20N2O3. The van der Waals surface area contributed by atoms with Crippen LogP contribution in [0.2, 0.25) is 0 Å². The Balaban J connectivity index is 2.15. The zero-order valence-electron chi connectivity index (χ0n) is 12.3. The maximum absolute atomic E-state index is 12.3. The number of aromatic hydroxyl groups is 1. The Bertz CT molecular complexity index is 569. The van der Waals surface area contributed by atoms with Crippen molar-refractivity contribution in [3.8, 4) is 17.6 Å². The van der Waals surface area contributed by atoms with E-state index in [0.29, 0.717) is 24.5 Å². The van der Waals surface area contributed by atoms with Gasteiger partial charge in [0, 0.05) is 6.07 Å². The SMILES string of the molecule is COc1ccc(C(=O)NC2(C#N)CCC(C)CC2)c(O)c1. The van der Waals surface area contributed by atoms with E-state index in [1.165, 1.54) is 19.2 Å². The van der Waals surface area contributed by atoms with Crippen molar-refractivity contribution in [2.75, 3.05) is 7.11 Å². The van der Waals surface area contributed by atoms with Gasteiger partial charge in [-0.2, -0.15) is 5.26 Å². The van der Waals surface area contributed by atoms with Gasteiger partial charge in [-0.15, -0.1) is 0 Å². The number of nitriles is 1. The zero-order chi connectivity index (χ0) is 15.5. The molecule has 1 amide bonds. The third kappa shape index (κ3) is 3.27. The highest BCUT2D eigenvalue weighted by molar-refractivity contribution is 5.97. The Labute approximate surface area is 124 Å². The van der Waals surface area contributed by atoms with Crippen molar-refractivity contribution in [3.05, 3.63) is 23.8 Å². The maximum atomic E-state index is 12.3. The first kappa shape index (κ1) is 15.2. The van der Waals surface area contributed by atoms with Crippen LogP contribution in [0.5, 0.6) is 11.5 Å². The van der Waals surface area contributed by atoms with Crippen LogP contribution in [-0.2, 0) is 0 Å². The van der Waals surface area contributed by atoms with Crippen molar-refractivity contribution in [1.82, 2.24) is 5.32 Å². The van der Waals surface area contributed by atoms with E-state index in [0.717, 1.165) is 12.8 Å². The summed E-state index contributed by atoms with van der Waals surface area (Å²) in [5.41, 5.74) is -0.667. The number of nitrogens with one attached hydrogen (secondary N) is 1. The molecule has 2 N–H and O–H groups in total. The molecule has 5 heteroatoms. The van der Waals surface area contributed by atoms with Gasteiger partial charge in [-0.05, 0) is 43.7 Å². The van der Waals surface area contributed by atoms with Crippen LogP contribution in [0.3, 0.4) is 0 Å². The molecular weight excluding hydrogens is 268 g/mol. The molecule has 0 saturated heterocycles. The lowest BCUT2D eigenvalue weighted by molar-refractivity contribution is 0.0891. The average molecular weight is 288 g/mol. The van der Waals surface area contributed by atoms with E-state index in [9.17, 15) is 15.2 Å². The van der Waals surface area contributed by atoms with Crippen LogP contribution >= 0.6 is 0 Å². The third-order valence-electron chi connectivity index (χ3n) is 4.14. The summed E-state index contributed by atoms with van der Waals surface area (Å²) < 4.78 is 4.99. The molecule has 0 unspecified atom stereocenters. The second-order valence-electron chi connectivity index (χ2n) is 5.71. The van der Waals surface area contributed by atoms with Crippen LogP contribution in [0.15, 0.2) is 18.2 Å². The monoisotopic (exact) mass is 288 g/mol. The maximum Gasteiger partial charge on any atom is 0.256 e. The number of hydrogen-bond donors (Lipinski definition) is 2. The number of amides is 1. The number of hydrogen-bond acceptors (Lipinski definition) is 4. The molecule has 1 aliphatic carbocycles.